The summed E-state index contributed by atoms with van der Waals surface area (Å²) in [5.74, 6) is -2.62. The Morgan fingerprint density at radius 1 is 1.00 bits per heavy atom. The van der Waals surface area contributed by atoms with E-state index in [4.69, 9.17) is 5.11 Å². The molecule has 1 rings (SSSR count). The Hall–Kier alpha value is -1.98. The van der Waals surface area contributed by atoms with Gasteiger partial charge >= 0.3 is 5.97 Å². The van der Waals surface area contributed by atoms with E-state index in [1.165, 1.54) is 6.07 Å². The summed E-state index contributed by atoms with van der Waals surface area (Å²) in [4.78, 5) is 21.9. The van der Waals surface area contributed by atoms with E-state index in [0.717, 1.165) is 37.8 Å². The summed E-state index contributed by atoms with van der Waals surface area (Å²) in [7, 11) is 0. The second kappa shape index (κ2) is 9.87. The molecule has 0 atom stereocenters. The summed E-state index contributed by atoms with van der Waals surface area (Å²) >= 11 is 0. The summed E-state index contributed by atoms with van der Waals surface area (Å²) in [5.41, 5.74) is -0.214. The number of hydrogen-bond donors (Lipinski definition) is 2. The first-order chi connectivity index (χ1) is 10.5. The van der Waals surface area contributed by atoms with Crippen LogP contribution in [0.25, 0.3) is 0 Å². The number of carbonyl (C=O) groups excluding carboxylic acids is 1. The third-order valence-electron chi connectivity index (χ3n) is 3.29. The van der Waals surface area contributed by atoms with Crippen molar-refractivity contribution >= 4 is 11.9 Å². The minimum Gasteiger partial charge on any atom is -0.481 e. The van der Waals surface area contributed by atoms with Gasteiger partial charge in [0.25, 0.3) is 0 Å². The summed E-state index contributed by atoms with van der Waals surface area (Å²) in [6.07, 6.45) is 3.94. The molecule has 6 heteroatoms. The highest BCUT2D eigenvalue weighted by atomic mass is 19.1. The van der Waals surface area contributed by atoms with E-state index in [0.29, 0.717) is 13.0 Å². The van der Waals surface area contributed by atoms with Crippen LogP contribution in [0.2, 0.25) is 0 Å². The Labute approximate surface area is 128 Å². The van der Waals surface area contributed by atoms with Crippen molar-refractivity contribution in [2.24, 2.45) is 0 Å². The molecule has 4 nitrogen and oxygen atoms in total. The molecule has 0 spiro atoms. The number of unbranched alkanes of at least 4 members (excludes halogenated alkanes) is 4. The SMILES string of the molecule is O=C(O)CCCCCCCNC(=O)Cc1c(F)cccc1F. The molecular formula is C16H21F2NO3. The number of carboxylic acid groups (broad SMARTS) is 1. The molecule has 0 fully saturated rings. The zero-order valence-corrected chi connectivity index (χ0v) is 12.4. The van der Waals surface area contributed by atoms with Gasteiger partial charge in [0, 0.05) is 18.5 Å². The van der Waals surface area contributed by atoms with Gasteiger partial charge in [0.15, 0.2) is 0 Å². The molecule has 0 aromatic heterocycles. The number of hydrogen-bond acceptors (Lipinski definition) is 2. The number of halogens is 2. The minimum absolute atomic E-state index is 0.185. The monoisotopic (exact) mass is 313 g/mol. The van der Waals surface area contributed by atoms with Gasteiger partial charge < -0.3 is 10.4 Å². The number of amides is 1. The maximum Gasteiger partial charge on any atom is 0.303 e. The van der Waals surface area contributed by atoms with Crippen molar-refractivity contribution in [2.45, 2.75) is 44.9 Å². The Bertz CT molecular complexity index is 486. The van der Waals surface area contributed by atoms with E-state index in [1.54, 1.807) is 0 Å². The first kappa shape index (κ1) is 18.1. The highest BCUT2D eigenvalue weighted by molar-refractivity contribution is 5.78. The zero-order valence-electron chi connectivity index (χ0n) is 12.4. The van der Waals surface area contributed by atoms with E-state index in [-0.39, 0.29) is 18.4 Å². The van der Waals surface area contributed by atoms with Crippen molar-refractivity contribution in [1.82, 2.24) is 5.32 Å². The fourth-order valence-electron chi connectivity index (χ4n) is 2.08. The van der Waals surface area contributed by atoms with Gasteiger partial charge in [-0.2, -0.15) is 0 Å². The maximum atomic E-state index is 13.4. The lowest BCUT2D eigenvalue weighted by Gasteiger charge is -2.07. The second-order valence-corrected chi connectivity index (χ2v) is 5.14. The molecular weight excluding hydrogens is 292 g/mol. The third kappa shape index (κ3) is 7.15. The number of benzene rings is 1. The highest BCUT2D eigenvalue weighted by Crippen LogP contribution is 2.12. The molecule has 2 N–H and O–H groups in total. The fraction of sp³-hybridized carbons (Fsp3) is 0.500. The van der Waals surface area contributed by atoms with Gasteiger partial charge in [-0.1, -0.05) is 25.3 Å². The van der Waals surface area contributed by atoms with Crippen LogP contribution in [0.4, 0.5) is 8.78 Å². The maximum absolute atomic E-state index is 13.4. The molecule has 0 bridgehead atoms. The number of aliphatic carboxylic acids is 1. The van der Waals surface area contributed by atoms with E-state index < -0.39 is 23.5 Å². The average molecular weight is 313 g/mol. The second-order valence-electron chi connectivity index (χ2n) is 5.14. The molecule has 1 amide bonds. The van der Waals surface area contributed by atoms with Gasteiger partial charge in [-0.05, 0) is 25.0 Å². The van der Waals surface area contributed by atoms with Crippen LogP contribution in [-0.4, -0.2) is 23.5 Å². The van der Waals surface area contributed by atoms with E-state index in [2.05, 4.69) is 5.32 Å². The van der Waals surface area contributed by atoms with Crippen LogP contribution < -0.4 is 5.32 Å². The van der Waals surface area contributed by atoms with Crippen molar-refractivity contribution in [3.63, 3.8) is 0 Å². The van der Waals surface area contributed by atoms with Crippen molar-refractivity contribution < 1.29 is 23.5 Å². The van der Waals surface area contributed by atoms with Crippen molar-refractivity contribution in [3.8, 4) is 0 Å². The summed E-state index contributed by atoms with van der Waals surface area (Å²) in [6.45, 7) is 0.452. The molecule has 0 saturated carbocycles. The number of rotatable bonds is 10. The predicted molar refractivity (Wildman–Crippen MR) is 78.4 cm³/mol. The molecule has 1 aromatic rings. The Morgan fingerprint density at radius 2 is 1.59 bits per heavy atom. The Kier molecular flexibility index (Phi) is 8.10. The molecule has 122 valence electrons. The van der Waals surface area contributed by atoms with Crippen molar-refractivity contribution in [1.29, 1.82) is 0 Å². The third-order valence-corrected chi connectivity index (χ3v) is 3.29. The van der Waals surface area contributed by atoms with Gasteiger partial charge in [-0.15, -0.1) is 0 Å². The molecule has 0 aliphatic rings. The molecule has 0 saturated heterocycles. The molecule has 0 radical (unpaired) electrons. The quantitative estimate of drug-likeness (QED) is 0.652. The lowest BCUT2D eigenvalue weighted by atomic mass is 10.1. The van der Waals surface area contributed by atoms with Gasteiger partial charge in [-0.3, -0.25) is 9.59 Å². The van der Waals surface area contributed by atoms with Crippen molar-refractivity contribution in [2.75, 3.05) is 6.54 Å². The smallest absolute Gasteiger partial charge is 0.303 e. The number of nitrogens with one attached hydrogen (secondary N) is 1. The largest absolute Gasteiger partial charge is 0.481 e. The summed E-state index contributed by atoms with van der Waals surface area (Å²) in [5, 5.41) is 11.1. The summed E-state index contributed by atoms with van der Waals surface area (Å²) < 4.78 is 26.7. The van der Waals surface area contributed by atoms with Crippen LogP contribution in [0, 0.1) is 11.6 Å². The lowest BCUT2D eigenvalue weighted by Crippen LogP contribution is -2.26. The molecule has 0 aliphatic carbocycles. The first-order valence-electron chi connectivity index (χ1n) is 7.42. The van der Waals surface area contributed by atoms with Gasteiger partial charge in [-0.25, -0.2) is 8.78 Å². The average Bonchev–Trinajstić information content (AvgIpc) is 2.45. The topological polar surface area (TPSA) is 66.4 Å². The molecule has 1 aromatic carbocycles. The highest BCUT2D eigenvalue weighted by Gasteiger charge is 2.12. The van der Waals surface area contributed by atoms with Crippen LogP contribution in [0.5, 0.6) is 0 Å². The van der Waals surface area contributed by atoms with Crippen LogP contribution in [-0.2, 0) is 16.0 Å². The fourth-order valence-corrected chi connectivity index (χ4v) is 2.08. The van der Waals surface area contributed by atoms with Gasteiger partial charge in [0.05, 0.1) is 6.42 Å². The van der Waals surface area contributed by atoms with Crippen molar-refractivity contribution in [3.05, 3.63) is 35.4 Å². The minimum atomic E-state index is -0.785. The summed E-state index contributed by atoms with van der Waals surface area (Å²) in [6, 6.07) is 3.52. The predicted octanol–water partition coefficient (Wildman–Crippen LogP) is 3.05. The van der Waals surface area contributed by atoms with Gasteiger partial charge in [0.1, 0.15) is 11.6 Å². The normalized spacial score (nSPS) is 10.5. The lowest BCUT2D eigenvalue weighted by molar-refractivity contribution is -0.137. The van der Waals surface area contributed by atoms with Crippen LogP contribution in [0.1, 0.15) is 44.1 Å². The number of carboxylic acids is 1. The van der Waals surface area contributed by atoms with E-state index in [1.807, 2.05) is 0 Å². The Morgan fingerprint density at radius 3 is 2.23 bits per heavy atom. The first-order valence-corrected chi connectivity index (χ1v) is 7.42. The van der Waals surface area contributed by atoms with Crippen LogP contribution in [0.3, 0.4) is 0 Å². The number of carbonyl (C=O) groups is 2. The Balaban J connectivity index is 2.13. The molecule has 0 heterocycles. The van der Waals surface area contributed by atoms with Crippen LogP contribution in [0.15, 0.2) is 18.2 Å². The van der Waals surface area contributed by atoms with Gasteiger partial charge in [0.2, 0.25) is 5.91 Å². The standard InChI is InChI=1S/C16H21F2NO3/c17-13-7-6-8-14(18)12(13)11-15(20)19-10-5-3-1-2-4-9-16(21)22/h6-8H,1-5,9-11H2,(H,19,20)(H,21,22). The van der Waals surface area contributed by atoms with Crippen LogP contribution >= 0.6 is 0 Å². The molecule has 0 unspecified atom stereocenters. The van der Waals surface area contributed by atoms with E-state index >= 15 is 0 Å². The molecule has 22 heavy (non-hydrogen) atoms. The zero-order chi connectivity index (χ0) is 16.4. The van der Waals surface area contributed by atoms with E-state index in [9.17, 15) is 18.4 Å². The molecule has 0 aliphatic heterocycles.